The zero-order valence-corrected chi connectivity index (χ0v) is 14.3. The smallest absolute Gasteiger partial charge is 0.0628 e. The average Bonchev–Trinajstić information content (AvgIpc) is 2.62. The largest absolute Gasteiger partial charge is 0.314 e. The number of aryl methyl sites for hydroxylation is 2. The van der Waals surface area contributed by atoms with Crippen molar-refractivity contribution in [2.24, 2.45) is 13.0 Å². The molecule has 0 saturated heterocycles. The van der Waals surface area contributed by atoms with Crippen molar-refractivity contribution in [2.75, 3.05) is 6.54 Å². The SMILES string of the molecule is CCCNC(Cc1c(C)nn(C)c1C)CC(C)CCC. The minimum atomic E-state index is 0.582. The van der Waals surface area contributed by atoms with Crippen molar-refractivity contribution >= 4 is 0 Å². The highest BCUT2D eigenvalue weighted by atomic mass is 15.3. The molecule has 2 atom stereocenters. The molecule has 0 radical (unpaired) electrons. The van der Waals surface area contributed by atoms with Crippen LogP contribution in [0.1, 0.15) is 63.4 Å². The zero-order valence-electron chi connectivity index (χ0n) is 14.3. The van der Waals surface area contributed by atoms with Crippen molar-refractivity contribution in [1.29, 1.82) is 0 Å². The molecular weight excluding hydrogens is 246 g/mol. The van der Waals surface area contributed by atoms with Gasteiger partial charge in [-0.2, -0.15) is 5.10 Å². The number of nitrogens with zero attached hydrogens (tertiary/aromatic N) is 2. The van der Waals surface area contributed by atoms with Crippen molar-refractivity contribution in [3.8, 4) is 0 Å². The van der Waals surface area contributed by atoms with Crippen LogP contribution in [0.2, 0.25) is 0 Å². The first-order valence-electron chi connectivity index (χ1n) is 8.21. The second-order valence-corrected chi connectivity index (χ2v) is 6.26. The van der Waals surface area contributed by atoms with E-state index in [1.165, 1.54) is 42.6 Å². The molecule has 3 nitrogen and oxygen atoms in total. The molecular formula is C17H33N3. The molecule has 116 valence electrons. The molecule has 1 aromatic rings. The average molecular weight is 279 g/mol. The summed E-state index contributed by atoms with van der Waals surface area (Å²) in [5.41, 5.74) is 3.94. The standard InChI is InChI=1S/C17H33N3/c1-7-9-13(3)11-16(18-10-8-2)12-17-14(4)19-20(6)15(17)5/h13,16,18H,7-12H2,1-6H3. The van der Waals surface area contributed by atoms with E-state index in [1.807, 2.05) is 11.7 Å². The maximum Gasteiger partial charge on any atom is 0.0628 e. The van der Waals surface area contributed by atoms with Crippen molar-refractivity contribution < 1.29 is 0 Å². The van der Waals surface area contributed by atoms with E-state index in [4.69, 9.17) is 0 Å². The first-order chi connectivity index (χ1) is 9.49. The summed E-state index contributed by atoms with van der Waals surface area (Å²) in [5, 5.41) is 8.28. The Balaban J connectivity index is 2.72. The Kier molecular flexibility index (Phi) is 7.28. The Morgan fingerprint density at radius 3 is 2.40 bits per heavy atom. The maximum absolute atomic E-state index is 4.55. The van der Waals surface area contributed by atoms with Crippen LogP contribution in [-0.2, 0) is 13.5 Å². The first kappa shape index (κ1) is 17.2. The number of nitrogens with one attached hydrogen (secondary N) is 1. The van der Waals surface area contributed by atoms with Gasteiger partial charge in [0.1, 0.15) is 0 Å². The Labute approximate surface area is 125 Å². The summed E-state index contributed by atoms with van der Waals surface area (Å²) < 4.78 is 2.01. The Morgan fingerprint density at radius 2 is 1.90 bits per heavy atom. The minimum absolute atomic E-state index is 0.582. The van der Waals surface area contributed by atoms with Crippen molar-refractivity contribution in [3.63, 3.8) is 0 Å². The lowest BCUT2D eigenvalue weighted by Crippen LogP contribution is -2.33. The molecule has 1 rings (SSSR count). The summed E-state index contributed by atoms with van der Waals surface area (Å²) in [6, 6.07) is 0.582. The van der Waals surface area contributed by atoms with Crippen LogP contribution in [0, 0.1) is 19.8 Å². The molecule has 1 heterocycles. The van der Waals surface area contributed by atoms with Gasteiger partial charge in [0, 0.05) is 18.8 Å². The van der Waals surface area contributed by atoms with E-state index in [2.05, 4.69) is 45.0 Å². The summed E-state index contributed by atoms with van der Waals surface area (Å²) in [4.78, 5) is 0. The molecule has 0 bridgehead atoms. The molecule has 1 N–H and O–H groups in total. The molecule has 0 aliphatic rings. The van der Waals surface area contributed by atoms with Crippen LogP contribution in [0.4, 0.5) is 0 Å². The summed E-state index contributed by atoms with van der Waals surface area (Å²) in [6.45, 7) is 12.3. The van der Waals surface area contributed by atoms with Gasteiger partial charge < -0.3 is 5.32 Å². The number of hydrogen-bond acceptors (Lipinski definition) is 2. The monoisotopic (exact) mass is 279 g/mol. The highest BCUT2D eigenvalue weighted by Gasteiger charge is 2.17. The molecule has 0 aliphatic carbocycles. The molecule has 0 aromatic carbocycles. The number of hydrogen-bond donors (Lipinski definition) is 1. The second-order valence-electron chi connectivity index (χ2n) is 6.26. The van der Waals surface area contributed by atoms with Crippen molar-refractivity contribution in [1.82, 2.24) is 15.1 Å². The summed E-state index contributed by atoms with van der Waals surface area (Å²) in [5.74, 6) is 0.798. The summed E-state index contributed by atoms with van der Waals surface area (Å²) in [7, 11) is 2.04. The van der Waals surface area contributed by atoms with Crippen molar-refractivity contribution in [3.05, 3.63) is 17.0 Å². The zero-order chi connectivity index (χ0) is 15.1. The van der Waals surface area contributed by atoms with Gasteiger partial charge in [0.05, 0.1) is 5.69 Å². The van der Waals surface area contributed by atoms with E-state index in [0.29, 0.717) is 6.04 Å². The molecule has 1 aromatic heterocycles. The van der Waals surface area contributed by atoms with Crippen LogP contribution >= 0.6 is 0 Å². The molecule has 20 heavy (non-hydrogen) atoms. The third kappa shape index (κ3) is 4.93. The van der Waals surface area contributed by atoms with Crippen LogP contribution in [0.25, 0.3) is 0 Å². The van der Waals surface area contributed by atoms with E-state index in [9.17, 15) is 0 Å². The molecule has 2 unspecified atom stereocenters. The lowest BCUT2D eigenvalue weighted by atomic mass is 9.92. The topological polar surface area (TPSA) is 29.9 Å². The van der Waals surface area contributed by atoms with E-state index in [-0.39, 0.29) is 0 Å². The van der Waals surface area contributed by atoms with Gasteiger partial charge in [-0.3, -0.25) is 4.68 Å². The van der Waals surface area contributed by atoms with Crippen LogP contribution < -0.4 is 5.32 Å². The van der Waals surface area contributed by atoms with Crippen molar-refractivity contribution in [2.45, 2.75) is 72.8 Å². The maximum atomic E-state index is 4.55. The lowest BCUT2D eigenvalue weighted by molar-refractivity contribution is 0.380. The van der Waals surface area contributed by atoms with Gasteiger partial charge in [0.25, 0.3) is 0 Å². The van der Waals surface area contributed by atoms with Crippen LogP contribution in [0.3, 0.4) is 0 Å². The van der Waals surface area contributed by atoms with Gasteiger partial charge >= 0.3 is 0 Å². The van der Waals surface area contributed by atoms with Gasteiger partial charge in [-0.1, -0.05) is 33.6 Å². The molecule has 3 heteroatoms. The van der Waals surface area contributed by atoms with Gasteiger partial charge in [-0.15, -0.1) is 0 Å². The Bertz CT molecular complexity index is 395. The van der Waals surface area contributed by atoms with Crippen LogP contribution in [0.15, 0.2) is 0 Å². The van der Waals surface area contributed by atoms with Crippen LogP contribution in [-0.4, -0.2) is 22.4 Å². The van der Waals surface area contributed by atoms with Crippen LogP contribution in [0.5, 0.6) is 0 Å². The quantitative estimate of drug-likeness (QED) is 0.745. The fraction of sp³-hybridized carbons (Fsp3) is 0.824. The van der Waals surface area contributed by atoms with E-state index >= 15 is 0 Å². The lowest BCUT2D eigenvalue weighted by Gasteiger charge is -2.22. The molecule has 0 spiro atoms. The molecule has 0 aliphatic heterocycles. The number of rotatable bonds is 9. The second kappa shape index (κ2) is 8.46. The highest BCUT2D eigenvalue weighted by Crippen LogP contribution is 2.19. The predicted octanol–water partition coefficient (Wildman–Crippen LogP) is 3.77. The Hall–Kier alpha value is -0.830. The Morgan fingerprint density at radius 1 is 1.20 bits per heavy atom. The molecule has 0 saturated carbocycles. The van der Waals surface area contributed by atoms with E-state index < -0.39 is 0 Å². The summed E-state index contributed by atoms with van der Waals surface area (Å²) in [6.07, 6.45) is 6.19. The number of aromatic nitrogens is 2. The normalized spacial score (nSPS) is 14.5. The fourth-order valence-corrected chi connectivity index (χ4v) is 3.04. The van der Waals surface area contributed by atoms with E-state index in [0.717, 1.165) is 18.9 Å². The minimum Gasteiger partial charge on any atom is -0.314 e. The van der Waals surface area contributed by atoms with Gasteiger partial charge in [0.15, 0.2) is 0 Å². The van der Waals surface area contributed by atoms with E-state index in [1.54, 1.807) is 0 Å². The predicted molar refractivity (Wildman–Crippen MR) is 87.2 cm³/mol. The first-order valence-corrected chi connectivity index (χ1v) is 8.21. The van der Waals surface area contributed by atoms with Gasteiger partial charge in [0.2, 0.25) is 0 Å². The fourth-order valence-electron chi connectivity index (χ4n) is 3.04. The van der Waals surface area contributed by atoms with Gasteiger partial charge in [-0.25, -0.2) is 0 Å². The molecule has 0 fully saturated rings. The third-order valence-electron chi connectivity index (χ3n) is 4.26. The molecule has 0 amide bonds. The summed E-state index contributed by atoms with van der Waals surface area (Å²) >= 11 is 0. The third-order valence-corrected chi connectivity index (χ3v) is 4.26. The van der Waals surface area contributed by atoms with Gasteiger partial charge in [-0.05, 0) is 51.1 Å². The highest BCUT2D eigenvalue weighted by molar-refractivity contribution is 5.25.